The lowest BCUT2D eigenvalue weighted by atomic mass is 10.4. The highest BCUT2D eigenvalue weighted by molar-refractivity contribution is 7.98. The minimum atomic E-state index is 0.773. The first-order valence-electron chi connectivity index (χ1n) is 4.37. The summed E-state index contributed by atoms with van der Waals surface area (Å²) in [5, 5.41) is 7.46. The van der Waals surface area contributed by atoms with Crippen LogP contribution in [0, 0.1) is 0 Å². The van der Waals surface area contributed by atoms with Crippen LogP contribution in [0.25, 0.3) is 0 Å². The molecule has 5 heteroatoms. The Labute approximate surface area is 83.1 Å². The highest BCUT2D eigenvalue weighted by Gasteiger charge is 1.96. The van der Waals surface area contributed by atoms with Crippen LogP contribution in [0.1, 0.15) is 12.2 Å². The summed E-state index contributed by atoms with van der Waals surface area (Å²) in [5.41, 5.74) is 0. The van der Waals surface area contributed by atoms with Crippen LogP contribution in [-0.2, 0) is 13.6 Å². The van der Waals surface area contributed by atoms with Crippen molar-refractivity contribution in [2.75, 3.05) is 18.6 Å². The number of hydrogen-bond acceptors (Lipinski definition) is 4. The monoisotopic (exact) mass is 200 g/mol. The fourth-order valence-electron chi connectivity index (χ4n) is 1.01. The van der Waals surface area contributed by atoms with Crippen molar-refractivity contribution in [1.82, 2.24) is 20.1 Å². The van der Waals surface area contributed by atoms with Crippen molar-refractivity contribution in [2.45, 2.75) is 13.0 Å². The van der Waals surface area contributed by atoms with Crippen molar-refractivity contribution >= 4 is 11.8 Å². The largest absolute Gasteiger partial charge is 0.310 e. The lowest BCUT2D eigenvalue weighted by molar-refractivity contribution is 0.642. The zero-order chi connectivity index (χ0) is 9.52. The van der Waals surface area contributed by atoms with Gasteiger partial charge < -0.3 is 5.32 Å². The second kappa shape index (κ2) is 5.99. The third-order valence-corrected chi connectivity index (χ3v) is 2.33. The van der Waals surface area contributed by atoms with Gasteiger partial charge in [0.05, 0.1) is 6.54 Å². The van der Waals surface area contributed by atoms with Crippen LogP contribution in [0.2, 0.25) is 0 Å². The molecule has 1 N–H and O–H groups in total. The van der Waals surface area contributed by atoms with E-state index in [0.29, 0.717) is 0 Å². The van der Waals surface area contributed by atoms with Gasteiger partial charge in [0.1, 0.15) is 6.33 Å². The highest BCUT2D eigenvalue weighted by atomic mass is 32.2. The first-order valence-corrected chi connectivity index (χ1v) is 5.76. The van der Waals surface area contributed by atoms with Crippen LogP contribution < -0.4 is 5.32 Å². The first kappa shape index (κ1) is 10.5. The maximum absolute atomic E-state index is 4.17. The van der Waals surface area contributed by atoms with Crippen molar-refractivity contribution < 1.29 is 0 Å². The van der Waals surface area contributed by atoms with E-state index in [4.69, 9.17) is 0 Å². The van der Waals surface area contributed by atoms with E-state index in [-0.39, 0.29) is 0 Å². The van der Waals surface area contributed by atoms with E-state index in [1.807, 2.05) is 18.8 Å². The molecule has 0 radical (unpaired) electrons. The van der Waals surface area contributed by atoms with Gasteiger partial charge in [0.2, 0.25) is 0 Å². The van der Waals surface area contributed by atoms with Gasteiger partial charge >= 0.3 is 0 Å². The Bertz CT molecular complexity index is 236. The third kappa shape index (κ3) is 4.28. The predicted octanol–water partition coefficient (Wildman–Crippen LogP) is 0.658. The van der Waals surface area contributed by atoms with Crippen LogP contribution in [0.4, 0.5) is 0 Å². The maximum atomic E-state index is 4.17. The number of nitrogens with one attached hydrogen (secondary N) is 1. The molecule has 0 fully saturated rings. The van der Waals surface area contributed by atoms with Gasteiger partial charge in [0, 0.05) is 7.05 Å². The number of thioether (sulfide) groups is 1. The lowest BCUT2D eigenvalue weighted by Gasteiger charge is -1.99. The molecule has 0 aliphatic rings. The molecule has 0 bridgehead atoms. The molecule has 0 atom stereocenters. The molecule has 13 heavy (non-hydrogen) atoms. The van der Waals surface area contributed by atoms with E-state index in [0.717, 1.165) is 18.9 Å². The summed E-state index contributed by atoms with van der Waals surface area (Å²) in [6.07, 6.45) is 5.05. The van der Waals surface area contributed by atoms with E-state index >= 15 is 0 Å². The van der Waals surface area contributed by atoms with E-state index in [1.54, 1.807) is 11.0 Å². The molecular weight excluding hydrogens is 184 g/mol. The average molecular weight is 200 g/mol. The Kier molecular flexibility index (Phi) is 4.85. The Hall–Kier alpha value is -0.550. The minimum Gasteiger partial charge on any atom is -0.310 e. The number of aryl methyl sites for hydroxylation is 1. The van der Waals surface area contributed by atoms with Crippen LogP contribution in [0.3, 0.4) is 0 Å². The Morgan fingerprint density at radius 2 is 2.46 bits per heavy atom. The lowest BCUT2D eigenvalue weighted by Crippen LogP contribution is -2.16. The molecule has 4 nitrogen and oxygen atoms in total. The summed E-state index contributed by atoms with van der Waals surface area (Å²) < 4.78 is 1.72. The van der Waals surface area contributed by atoms with E-state index in [1.165, 1.54) is 12.2 Å². The molecule has 0 saturated carbocycles. The molecule has 1 aromatic heterocycles. The van der Waals surface area contributed by atoms with Crippen molar-refractivity contribution in [2.24, 2.45) is 7.05 Å². The summed E-state index contributed by atoms with van der Waals surface area (Å²) in [5.74, 6) is 2.08. The Morgan fingerprint density at radius 1 is 1.62 bits per heavy atom. The molecule has 0 unspecified atom stereocenters. The molecule has 0 aliphatic carbocycles. The molecule has 74 valence electrons. The summed E-state index contributed by atoms with van der Waals surface area (Å²) >= 11 is 1.88. The number of hydrogen-bond donors (Lipinski definition) is 1. The van der Waals surface area contributed by atoms with E-state index in [9.17, 15) is 0 Å². The van der Waals surface area contributed by atoms with Gasteiger partial charge in [-0.15, -0.1) is 0 Å². The normalized spacial score (nSPS) is 10.6. The molecule has 0 amide bonds. The van der Waals surface area contributed by atoms with Gasteiger partial charge in [0.15, 0.2) is 5.82 Å². The molecule has 0 aromatic carbocycles. The van der Waals surface area contributed by atoms with Crippen LogP contribution >= 0.6 is 11.8 Å². The van der Waals surface area contributed by atoms with Gasteiger partial charge in [0.25, 0.3) is 0 Å². The Morgan fingerprint density at radius 3 is 3.08 bits per heavy atom. The molecule has 0 spiro atoms. The fraction of sp³-hybridized carbons (Fsp3) is 0.750. The summed E-state index contributed by atoms with van der Waals surface area (Å²) in [4.78, 5) is 4.12. The van der Waals surface area contributed by atoms with E-state index in [2.05, 4.69) is 21.7 Å². The topological polar surface area (TPSA) is 42.7 Å². The molecule has 0 aliphatic heterocycles. The second-order valence-electron chi connectivity index (χ2n) is 2.86. The first-order chi connectivity index (χ1) is 6.33. The zero-order valence-corrected chi connectivity index (χ0v) is 8.97. The van der Waals surface area contributed by atoms with Crippen molar-refractivity contribution in [1.29, 1.82) is 0 Å². The smallest absolute Gasteiger partial charge is 0.164 e. The minimum absolute atomic E-state index is 0.773. The number of nitrogens with zero attached hydrogens (tertiary/aromatic N) is 3. The van der Waals surface area contributed by atoms with E-state index < -0.39 is 0 Å². The van der Waals surface area contributed by atoms with Gasteiger partial charge in [-0.3, -0.25) is 4.68 Å². The third-order valence-electron chi connectivity index (χ3n) is 1.63. The van der Waals surface area contributed by atoms with Gasteiger partial charge in [-0.05, 0) is 25.0 Å². The fourth-order valence-corrected chi connectivity index (χ4v) is 1.44. The predicted molar refractivity (Wildman–Crippen MR) is 55.7 cm³/mol. The van der Waals surface area contributed by atoms with Crippen LogP contribution in [-0.4, -0.2) is 33.3 Å². The van der Waals surface area contributed by atoms with Crippen LogP contribution in [0.15, 0.2) is 6.33 Å². The molecule has 1 aromatic rings. The second-order valence-corrected chi connectivity index (χ2v) is 3.84. The van der Waals surface area contributed by atoms with Crippen molar-refractivity contribution in [3.63, 3.8) is 0 Å². The van der Waals surface area contributed by atoms with Crippen LogP contribution in [0.5, 0.6) is 0 Å². The summed E-state index contributed by atoms with van der Waals surface area (Å²) in [6, 6.07) is 0. The molecular formula is C8H16N4S. The highest BCUT2D eigenvalue weighted by Crippen LogP contribution is 1.94. The maximum Gasteiger partial charge on any atom is 0.164 e. The summed E-state index contributed by atoms with van der Waals surface area (Å²) in [6.45, 7) is 1.81. The number of rotatable bonds is 6. The Balaban J connectivity index is 2.06. The van der Waals surface area contributed by atoms with Crippen molar-refractivity contribution in [3.05, 3.63) is 12.2 Å². The van der Waals surface area contributed by atoms with Gasteiger partial charge in [-0.2, -0.15) is 16.9 Å². The van der Waals surface area contributed by atoms with Crippen molar-refractivity contribution in [3.8, 4) is 0 Å². The molecule has 0 saturated heterocycles. The quantitative estimate of drug-likeness (QED) is 0.685. The van der Waals surface area contributed by atoms with Gasteiger partial charge in [-0.1, -0.05) is 0 Å². The average Bonchev–Trinajstić information content (AvgIpc) is 2.51. The zero-order valence-electron chi connectivity index (χ0n) is 8.16. The molecule has 1 rings (SSSR count). The number of aromatic nitrogens is 3. The van der Waals surface area contributed by atoms with Gasteiger partial charge in [-0.25, -0.2) is 4.98 Å². The SMILES string of the molecule is CSCCCNCc1ncn(C)n1. The molecule has 1 heterocycles. The summed E-state index contributed by atoms with van der Waals surface area (Å²) in [7, 11) is 1.88. The standard InChI is InChI=1S/C8H16N4S/c1-12-7-10-8(11-12)6-9-4-3-5-13-2/h7,9H,3-6H2,1-2H3.